The zero-order chi connectivity index (χ0) is 11.3. The van der Waals surface area contributed by atoms with Crippen molar-refractivity contribution in [3.63, 3.8) is 0 Å². The molecule has 5 heteroatoms. The van der Waals surface area contributed by atoms with Crippen molar-refractivity contribution < 1.29 is 0 Å². The molecular formula is C11H11N3S2. The molecule has 0 spiro atoms. The van der Waals surface area contributed by atoms with Crippen LogP contribution in [0.4, 0.5) is 5.82 Å². The van der Waals surface area contributed by atoms with Crippen molar-refractivity contribution in [1.29, 1.82) is 0 Å². The summed E-state index contributed by atoms with van der Waals surface area (Å²) in [6.45, 7) is 4.17. The van der Waals surface area contributed by atoms with Crippen molar-refractivity contribution >= 4 is 33.5 Å². The highest BCUT2D eigenvalue weighted by Gasteiger charge is 2.16. The summed E-state index contributed by atoms with van der Waals surface area (Å²) in [7, 11) is 0. The lowest BCUT2D eigenvalue weighted by Crippen LogP contribution is -1.94. The van der Waals surface area contributed by atoms with E-state index in [1.807, 2.05) is 15.8 Å². The summed E-state index contributed by atoms with van der Waals surface area (Å²) in [4.78, 5) is 7.99. The number of thiophene rings is 1. The Labute approximate surface area is 101 Å². The van der Waals surface area contributed by atoms with Crippen LogP contribution in [-0.2, 0) is 0 Å². The van der Waals surface area contributed by atoms with Gasteiger partial charge in [0.1, 0.15) is 11.5 Å². The summed E-state index contributed by atoms with van der Waals surface area (Å²) in [6.07, 6.45) is 0. The molecule has 0 bridgehead atoms. The Bertz CT molecular complexity index is 646. The molecule has 0 fully saturated rings. The van der Waals surface area contributed by atoms with E-state index in [0.717, 1.165) is 21.3 Å². The summed E-state index contributed by atoms with van der Waals surface area (Å²) < 4.78 is 2.04. The van der Waals surface area contributed by atoms with Crippen LogP contribution in [0, 0.1) is 13.8 Å². The maximum absolute atomic E-state index is 6.16. The van der Waals surface area contributed by atoms with Gasteiger partial charge in [0.2, 0.25) is 0 Å². The first-order chi connectivity index (χ1) is 7.68. The molecule has 16 heavy (non-hydrogen) atoms. The van der Waals surface area contributed by atoms with E-state index in [1.54, 1.807) is 22.7 Å². The van der Waals surface area contributed by atoms with Crippen LogP contribution in [0.25, 0.3) is 15.5 Å². The van der Waals surface area contributed by atoms with Gasteiger partial charge in [0.15, 0.2) is 4.96 Å². The molecule has 0 aromatic carbocycles. The van der Waals surface area contributed by atoms with Crippen molar-refractivity contribution in [2.75, 3.05) is 5.73 Å². The third-order valence-electron chi connectivity index (χ3n) is 2.73. The molecule has 2 N–H and O–H groups in total. The predicted octanol–water partition coefficient (Wildman–Crippen LogP) is 3.32. The lowest BCUT2D eigenvalue weighted by atomic mass is 10.3. The highest BCUT2D eigenvalue weighted by Crippen LogP contribution is 2.34. The fourth-order valence-corrected chi connectivity index (χ4v) is 3.47. The van der Waals surface area contributed by atoms with Gasteiger partial charge in [-0.15, -0.1) is 22.7 Å². The molecule has 82 valence electrons. The Morgan fingerprint density at radius 1 is 1.38 bits per heavy atom. The summed E-state index contributed by atoms with van der Waals surface area (Å²) in [5, 5.41) is 2.04. The summed E-state index contributed by atoms with van der Waals surface area (Å²) in [5.74, 6) is 0.749. The Morgan fingerprint density at radius 2 is 2.19 bits per heavy atom. The summed E-state index contributed by atoms with van der Waals surface area (Å²) >= 11 is 3.36. The van der Waals surface area contributed by atoms with Crippen LogP contribution < -0.4 is 5.73 Å². The molecule has 0 saturated heterocycles. The molecule has 3 heterocycles. The fraction of sp³-hybridized carbons (Fsp3) is 0.182. The van der Waals surface area contributed by atoms with Crippen molar-refractivity contribution in [2.45, 2.75) is 13.8 Å². The number of rotatable bonds is 1. The van der Waals surface area contributed by atoms with Gasteiger partial charge in [0, 0.05) is 10.6 Å². The first-order valence-corrected chi connectivity index (χ1v) is 6.66. The average molecular weight is 249 g/mol. The number of thiazole rings is 1. The van der Waals surface area contributed by atoms with E-state index in [2.05, 4.69) is 24.9 Å². The minimum Gasteiger partial charge on any atom is -0.383 e. The van der Waals surface area contributed by atoms with E-state index in [1.165, 1.54) is 10.6 Å². The Kier molecular flexibility index (Phi) is 2.05. The minimum atomic E-state index is 0.749. The van der Waals surface area contributed by atoms with Crippen LogP contribution in [0.15, 0.2) is 17.5 Å². The monoisotopic (exact) mass is 249 g/mol. The molecule has 0 aliphatic carbocycles. The number of imidazole rings is 1. The lowest BCUT2D eigenvalue weighted by Gasteiger charge is -1.97. The SMILES string of the molecule is Cc1sc2nc(-c3cccs3)c(N)n2c1C. The third kappa shape index (κ3) is 1.22. The standard InChI is InChI=1S/C11H11N3S2/c1-6-7(2)16-11-13-9(10(12)14(6)11)8-4-3-5-15-8/h3-5H,12H2,1-2H3. The number of nitrogens with zero attached hydrogens (tertiary/aromatic N) is 2. The number of hydrogen-bond acceptors (Lipinski definition) is 4. The number of aromatic nitrogens is 2. The van der Waals surface area contributed by atoms with Gasteiger partial charge in [-0.05, 0) is 25.3 Å². The van der Waals surface area contributed by atoms with E-state index < -0.39 is 0 Å². The number of hydrogen-bond donors (Lipinski definition) is 1. The van der Waals surface area contributed by atoms with Gasteiger partial charge in [-0.25, -0.2) is 4.98 Å². The maximum Gasteiger partial charge on any atom is 0.196 e. The Hall–Kier alpha value is -1.33. The molecule has 0 aliphatic heterocycles. The van der Waals surface area contributed by atoms with Crippen molar-refractivity contribution in [2.24, 2.45) is 0 Å². The number of fused-ring (bicyclic) bond motifs is 1. The van der Waals surface area contributed by atoms with Crippen LogP contribution in [0.3, 0.4) is 0 Å². The average Bonchev–Trinajstić information content (AvgIpc) is 2.90. The van der Waals surface area contributed by atoms with Gasteiger partial charge in [0.05, 0.1) is 4.88 Å². The van der Waals surface area contributed by atoms with Crippen molar-refractivity contribution in [3.05, 3.63) is 28.1 Å². The number of aryl methyl sites for hydroxylation is 2. The van der Waals surface area contributed by atoms with E-state index in [4.69, 9.17) is 5.73 Å². The van der Waals surface area contributed by atoms with Crippen LogP contribution >= 0.6 is 22.7 Å². The van der Waals surface area contributed by atoms with Gasteiger partial charge in [0.25, 0.3) is 0 Å². The first kappa shape index (κ1) is 9.86. The zero-order valence-electron chi connectivity index (χ0n) is 9.02. The van der Waals surface area contributed by atoms with Crippen LogP contribution in [-0.4, -0.2) is 9.38 Å². The molecule has 0 saturated carbocycles. The van der Waals surface area contributed by atoms with Gasteiger partial charge in [-0.3, -0.25) is 4.40 Å². The fourth-order valence-electron chi connectivity index (χ4n) is 1.77. The molecule has 3 aromatic rings. The second kappa shape index (κ2) is 3.33. The highest BCUT2D eigenvalue weighted by atomic mass is 32.1. The highest BCUT2D eigenvalue weighted by molar-refractivity contribution is 7.17. The normalized spacial score (nSPS) is 11.4. The minimum absolute atomic E-state index is 0.749. The largest absolute Gasteiger partial charge is 0.383 e. The topological polar surface area (TPSA) is 43.3 Å². The molecule has 3 rings (SSSR count). The first-order valence-electron chi connectivity index (χ1n) is 4.96. The molecule has 3 aromatic heterocycles. The second-order valence-electron chi connectivity index (χ2n) is 3.68. The number of nitrogen functional groups attached to an aromatic ring is 1. The third-order valence-corrected chi connectivity index (χ3v) is 4.66. The molecule has 0 radical (unpaired) electrons. The van der Waals surface area contributed by atoms with E-state index in [0.29, 0.717) is 0 Å². The zero-order valence-corrected chi connectivity index (χ0v) is 10.7. The number of anilines is 1. The number of nitrogens with two attached hydrogens (primary N) is 1. The molecule has 0 aliphatic rings. The molecule has 0 unspecified atom stereocenters. The van der Waals surface area contributed by atoms with Gasteiger partial charge in [-0.1, -0.05) is 6.07 Å². The maximum atomic E-state index is 6.16. The van der Waals surface area contributed by atoms with E-state index >= 15 is 0 Å². The second-order valence-corrected chi connectivity index (χ2v) is 5.81. The van der Waals surface area contributed by atoms with Gasteiger partial charge >= 0.3 is 0 Å². The summed E-state index contributed by atoms with van der Waals surface area (Å²) in [6, 6.07) is 4.07. The Balaban J connectivity index is 2.33. The van der Waals surface area contributed by atoms with Gasteiger partial charge < -0.3 is 5.73 Å². The lowest BCUT2D eigenvalue weighted by molar-refractivity contribution is 1.12. The van der Waals surface area contributed by atoms with E-state index in [-0.39, 0.29) is 0 Å². The van der Waals surface area contributed by atoms with Crippen molar-refractivity contribution in [3.8, 4) is 10.6 Å². The van der Waals surface area contributed by atoms with E-state index in [9.17, 15) is 0 Å². The predicted molar refractivity (Wildman–Crippen MR) is 70.3 cm³/mol. The molecule has 3 nitrogen and oxygen atoms in total. The molecule has 0 atom stereocenters. The Morgan fingerprint density at radius 3 is 2.81 bits per heavy atom. The van der Waals surface area contributed by atoms with Gasteiger partial charge in [-0.2, -0.15) is 0 Å². The molecular weight excluding hydrogens is 238 g/mol. The van der Waals surface area contributed by atoms with Crippen LogP contribution in [0.2, 0.25) is 0 Å². The van der Waals surface area contributed by atoms with Crippen LogP contribution in [0.1, 0.15) is 10.6 Å². The summed E-state index contributed by atoms with van der Waals surface area (Å²) in [5.41, 5.74) is 8.25. The smallest absolute Gasteiger partial charge is 0.196 e. The van der Waals surface area contributed by atoms with Crippen LogP contribution in [0.5, 0.6) is 0 Å². The quantitative estimate of drug-likeness (QED) is 0.719. The molecule has 0 amide bonds. The van der Waals surface area contributed by atoms with Crippen molar-refractivity contribution in [1.82, 2.24) is 9.38 Å².